The molecule has 0 radical (unpaired) electrons. The highest BCUT2D eigenvalue weighted by molar-refractivity contribution is 5.75. The Morgan fingerprint density at radius 3 is 1.86 bits per heavy atom. The van der Waals surface area contributed by atoms with Crippen LogP contribution in [0.25, 0.3) is 0 Å². The van der Waals surface area contributed by atoms with Crippen LogP contribution in [0.2, 0.25) is 0 Å². The number of nitrogens with zero attached hydrogens (tertiary/aromatic N) is 2. The quantitative estimate of drug-likeness (QED) is 0.387. The van der Waals surface area contributed by atoms with Crippen molar-refractivity contribution in [2.24, 2.45) is 0 Å². The number of rotatable bonds is 4. The van der Waals surface area contributed by atoms with Gasteiger partial charge < -0.3 is 9.80 Å². The van der Waals surface area contributed by atoms with E-state index in [0.29, 0.717) is 24.2 Å². The molecule has 1 aliphatic heterocycles. The molecule has 0 saturated carbocycles. The van der Waals surface area contributed by atoms with Gasteiger partial charge in [-0.25, -0.2) is 0 Å². The molecule has 36 heavy (non-hydrogen) atoms. The molecule has 2 atom stereocenters. The maximum absolute atomic E-state index is 13.4. The lowest BCUT2D eigenvalue weighted by atomic mass is 9.87. The molecule has 12 heteroatoms. The fraction of sp³-hybridized carbons (Fsp3) is 0.458. The molecule has 1 aliphatic rings. The number of fused-ring (bicyclic) bond motifs is 1. The number of halogens is 9. The summed E-state index contributed by atoms with van der Waals surface area (Å²) in [6, 6.07) is 2.83. The third-order valence-electron chi connectivity index (χ3n) is 6.39. The van der Waals surface area contributed by atoms with Gasteiger partial charge in [0.25, 0.3) is 0 Å². The Bertz CT molecular complexity index is 1090. The highest BCUT2D eigenvalue weighted by Crippen LogP contribution is 2.44. The summed E-state index contributed by atoms with van der Waals surface area (Å²) in [5.74, 6) is -0.700. The molecule has 3 rings (SSSR count). The fourth-order valence-corrected chi connectivity index (χ4v) is 4.54. The van der Waals surface area contributed by atoms with Crippen LogP contribution in [0.4, 0.5) is 45.2 Å². The van der Waals surface area contributed by atoms with Crippen molar-refractivity contribution in [1.82, 2.24) is 4.90 Å². The van der Waals surface area contributed by atoms with E-state index in [1.807, 2.05) is 6.92 Å². The minimum atomic E-state index is -5.08. The van der Waals surface area contributed by atoms with Crippen LogP contribution >= 0.6 is 0 Å². The molecule has 2 aromatic rings. The summed E-state index contributed by atoms with van der Waals surface area (Å²) in [6.45, 7) is 2.25. The third kappa shape index (κ3) is 5.73. The molecule has 0 saturated heterocycles. The predicted molar refractivity (Wildman–Crippen MR) is 114 cm³/mol. The van der Waals surface area contributed by atoms with E-state index >= 15 is 0 Å². The van der Waals surface area contributed by atoms with Gasteiger partial charge in [0.2, 0.25) is 5.91 Å². The number of hydrogen-bond acceptors (Lipinski definition) is 2. The lowest BCUT2D eigenvalue weighted by molar-refractivity contribution is -0.143. The van der Waals surface area contributed by atoms with Crippen LogP contribution in [0.15, 0.2) is 36.4 Å². The lowest BCUT2D eigenvalue weighted by Gasteiger charge is -2.44. The second kappa shape index (κ2) is 9.51. The van der Waals surface area contributed by atoms with E-state index in [9.17, 15) is 44.3 Å². The number of carbonyl (C=O) groups is 1. The van der Waals surface area contributed by atoms with E-state index in [0.717, 1.165) is 24.0 Å². The Balaban J connectivity index is 2.14. The van der Waals surface area contributed by atoms with Crippen molar-refractivity contribution in [3.63, 3.8) is 0 Å². The summed E-state index contributed by atoms with van der Waals surface area (Å²) >= 11 is 0. The normalized spacial score (nSPS) is 18.7. The number of hydrogen-bond donors (Lipinski definition) is 0. The minimum Gasteiger partial charge on any atom is -0.371 e. The highest BCUT2D eigenvalue weighted by atomic mass is 19.4. The van der Waals surface area contributed by atoms with Crippen LogP contribution in [0.3, 0.4) is 0 Å². The van der Waals surface area contributed by atoms with Crippen LogP contribution in [0.1, 0.15) is 60.5 Å². The molecule has 3 nitrogen and oxygen atoms in total. The average Bonchev–Trinajstić information content (AvgIpc) is 2.75. The molecule has 0 aromatic heterocycles. The summed E-state index contributed by atoms with van der Waals surface area (Å²) < 4.78 is 120. The summed E-state index contributed by atoms with van der Waals surface area (Å²) in [5, 5.41) is 0. The van der Waals surface area contributed by atoms with Crippen molar-refractivity contribution in [2.45, 2.75) is 63.8 Å². The van der Waals surface area contributed by atoms with Gasteiger partial charge in [-0.3, -0.25) is 4.79 Å². The Hall–Kier alpha value is -2.92. The Kier molecular flexibility index (Phi) is 7.31. The van der Waals surface area contributed by atoms with Gasteiger partial charge in [-0.1, -0.05) is 6.92 Å². The van der Waals surface area contributed by atoms with Gasteiger partial charge in [-0.05, 0) is 60.4 Å². The van der Waals surface area contributed by atoms with Crippen molar-refractivity contribution < 1.29 is 44.3 Å². The van der Waals surface area contributed by atoms with E-state index in [4.69, 9.17) is 0 Å². The van der Waals surface area contributed by atoms with Crippen LogP contribution in [0, 0.1) is 0 Å². The first-order valence-corrected chi connectivity index (χ1v) is 10.9. The summed E-state index contributed by atoms with van der Waals surface area (Å²) in [4.78, 5) is 15.4. The summed E-state index contributed by atoms with van der Waals surface area (Å²) in [7, 11) is 1.68. The molecule has 1 unspecified atom stereocenters. The lowest BCUT2D eigenvalue weighted by Crippen LogP contribution is -2.44. The molecule has 1 heterocycles. The average molecular weight is 526 g/mol. The third-order valence-corrected chi connectivity index (χ3v) is 6.39. The second-order valence-corrected chi connectivity index (χ2v) is 8.76. The first kappa shape index (κ1) is 27.7. The van der Waals surface area contributed by atoms with E-state index in [1.165, 1.54) is 6.07 Å². The van der Waals surface area contributed by atoms with E-state index in [-0.39, 0.29) is 24.1 Å². The van der Waals surface area contributed by atoms with Crippen LogP contribution in [-0.2, 0) is 29.9 Å². The smallest absolute Gasteiger partial charge is 0.371 e. The van der Waals surface area contributed by atoms with Gasteiger partial charge in [-0.2, -0.15) is 39.5 Å². The highest BCUT2D eigenvalue weighted by Gasteiger charge is 2.40. The van der Waals surface area contributed by atoms with Crippen LogP contribution in [0.5, 0.6) is 0 Å². The van der Waals surface area contributed by atoms with Crippen LogP contribution in [-0.4, -0.2) is 23.9 Å². The van der Waals surface area contributed by atoms with Crippen molar-refractivity contribution in [3.8, 4) is 0 Å². The molecular weight excluding hydrogens is 503 g/mol. The Morgan fingerprint density at radius 2 is 1.42 bits per heavy atom. The molecule has 0 aliphatic carbocycles. The van der Waals surface area contributed by atoms with Crippen molar-refractivity contribution in [2.75, 3.05) is 11.9 Å². The maximum Gasteiger partial charge on any atom is 0.416 e. The zero-order valence-electron chi connectivity index (χ0n) is 19.4. The van der Waals surface area contributed by atoms with E-state index in [1.54, 1.807) is 11.9 Å². The Labute approximate surface area is 201 Å². The summed E-state index contributed by atoms with van der Waals surface area (Å²) in [6.07, 6.45) is -14.2. The van der Waals surface area contributed by atoms with E-state index < -0.39 is 59.3 Å². The Morgan fingerprint density at radius 1 is 0.889 bits per heavy atom. The van der Waals surface area contributed by atoms with Gasteiger partial charge in [-0.15, -0.1) is 0 Å². The minimum absolute atomic E-state index is 0.0187. The van der Waals surface area contributed by atoms with Gasteiger partial charge >= 0.3 is 18.5 Å². The molecule has 0 fully saturated rings. The van der Waals surface area contributed by atoms with Crippen molar-refractivity contribution in [1.29, 1.82) is 0 Å². The maximum atomic E-state index is 13.4. The first-order valence-electron chi connectivity index (χ1n) is 10.9. The number of anilines is 1. The fourth-order valence-electron chi connectivity index (χ4n) is 4.54. The number of benzene rings is 2. The largest absolute Gasteiger partial charge is 0.416 e. The predicted octanol–water partition coefficient (Wildman–Crippen LogP) is 7.45. The topological polar surface area (TPSA) is 23.6 Å². The second-order valence-electron chi connectivity index (χ2n) is 8.76. The van der Waals surface area contributed by atoms with Crippen molar-refractivity contribution in [3.05, 3.63) is 64.2 Å². The molecule has 0 N–H and O–H groups in total. The molecular formula is C24H23F9N2O. The molecule has 1 amide bonds. The van der Waals surface area contributed by atoms with Crippen LogP contribution < -0.4 is 4.90 Å². The number of alkyl halides is 9. The van der Waals surface area contributed by atoms with Gasteiger partial charge in [0.05, 0.1) is 22.7 Å². The standard InChI is InChI=1S/C24H23F9N2O/c1-4-18-11-21(19-10-15(22(25,26)27)5-6-20(19)34(18)3)35(13(2)36)12-14-7-16(23(28,29)30)9-17(8-14)24(31,32)33/h5-10,18,21H,4,11-12H2,1-3H3/t18-,21?/m0/s1. The van der Waals surface area contributed by atoms with Gasteiger partial charge in [0.1, 0.15) is 0 Å². The van der Waals surface area contributed by atoms with Gasteiger partial charge in [0.15, 0.2) is 0 Å². The number of amides is 1. The molecule has 0 bridgehead atoms. The van der Waals surface area contributed by atoms with Crippen molar-refractivity contribution >= 4 is 11.6 Å². The van der Waals surface area contributed by atoms with Gasteiger partial charge in [0, 0.05) is 32.2 Å². The zero-order chi connectivity index (χ0) is 27.2. The zero-order valence-corrected chi connectivity index (χ0v) is 19.4. The monoisotopic (exact) mass is 526 g/mol. The molecule has 0 spiro atoms. The van der Waals surface area contributed by atoms with E-state index in [2.05, 4.69) is 0 Å². The first-order chi connectivity index (χ1) is 16.4. The molecule has 198 valence electrons. The SMILES string of the molecule is CC[C@H]1CC(N(Cc2cc(C(F)(F)F)cc(C(F)(F)F)c2)C(C)=O)c2cc(C(F)(F)F)ccc2N1C. The number of carbonyl (C=O) groups excluding carboxylic acids is 1. The summed E-state index contributed by atoms with van der Waals surface area (Å²) in [5.41, 5.74) is -3.97. The molecule has 2 aromatic carbocycles.